The number of carbonyl (C=O) groups is 4. The third-order valence-electron chi connectivity index (χ3n) is 5.06. The zero-order valence-electron chi connectivity index (χ0n) is 26.7. The van der Waals surface area contributed by atoms with Crippen molar-refractivity contribution < 1.29 is 19.2 Å². The van der Waals surface area contributed by atoms with Gasteiger partial charge in [0.15, 0.2) is 0 Å². The molecule has 8 heteroatoms. The van der Waals surface area contributed by atoms with Gasteiger partial charge >= 0.3 is 0 Å². The van der Waals surface area contributed by atoms with E-state index >= 15 is 0 Å². The monoisotopic (exact) mass is 544 g/mol. The van der Waals surface area contributed by atoms with Gasteiger partial charge in [-0.3, -0.25) is 19.2 Å². The van der Waals surface area contributed by atoms with Crippen molar-refractivity contribution in [2.24, 2.45) is 11.8 Å². The molecule has 0 rings (SSSR count). The molecule has 228 valence electrons. The Hall–Kier alpha value is -2.12. The van der Waals surface area contributed by atoms with Crippen LogP contribution in [0.15, 0.2) is 0 Å². The van der Waals surface area contributed by atoms with Gasteiger partial charge in [-0.25, -0.2) is 0 Å². The molecular formula is C30H64N4O4. The summed E-state index contributed by atoms with van der Waals surface area (Å²) in [6.45, 7) is 23.3. The maximum Gasteiger partial charge on any atom is 0.222 e. The Morgan fingerprint density at radius 1 is 0.500 bits per heavy atom. The maximum atomic E-state index is 11.0. The first-order chi connectivity index (χ1) is 18.0. The Kier molecular flexibility index (Phi) is 39.4. The minimum absolute atomic E-state index is 0.122. The highest BCUT2D eigenvalue weighted by atomic mass is 16.2. The van der Waals surface area contributed by atoms with Gasteiger partial charge in [-0.1, -0.05) is 75.7 Å². The number of nitrogens with one attached hydrogen (secondary N) is 4. The van der Waals surface area contributed by atoms with Crippen LogP contribution in [0, 0.1) is 11.8 Å². The van der Waals surface area contributed by atoms with Gasteiger partial charge in [0.25, 0.3) is 0 Å². The van der Waals surface area contributed by atoms with Gasteiger partial charge in [0, 0.05) is 50.9 Å². The van der Waals surface area contributed by atoms with Crippen LogP contribution in [-0.4, -0.2) is 49.8 Å². The Morgan fingerprint density at radius 2 is 0.895 bits per heavy atom. The first-order valence-corrected chi connectivity index (χ1v) is 15.1. The number of carbonyl (C=O) groups excluding carboxylic acids is 4. The minimum atomic E-state index is 0.122. The summed E-state index contributed by atoms with van der Waals surface area (Å²) in [5.41, 5.74) is 0. The third kappa shape index (κ3) is 38.4. The fraction of sp³-hybridized carbons (Fsp3) is 0.867. The van der Waals surface area contributed by atoms with Crippen LogP contribution in [0.1, 0.15) is 133 Å². The molecule has 0 saturated carbocycles. The van der Waals surface area contributed by atoms with Crippen molar-refractivity contribution in [1.29, 1.82) is 0 Å². The summed E-state index contributed by atoms with van der Waals surface area (Å²) in [6.07, 6.45) is 9.41. The number of hydrogen-bond donors (Lipinski definition) is 4. The summed E-state index contributed by atoms with van der Waals surface area (Å²) in [5.74, 6) is 1.01. The van der Waals surface area contributed by atoms with E-state index in [4.69, 9.17) is 0 Å². The predicted octanol–water partition coefficient (Wildman–Crippen LogP) is 5.74. The standard InChI is InChI=1S/2C8H17NO.2C7H15NO/c1-4-6-9-8(10)7(3)5-2;1-3-5-6-8(10)9-7-4-2;1-4-5-8-7(9)6(2)3;1-3-5-7(9)8-6-4-2/h7H,4-6H2,1-3H3,(H,9,10);3-7H2,1-2H3,(H,9,10);6H,4-5H2,1-3H3,(H,8,9);3-6H2,1-2H3,(H,8,9). The summed E-state index contributed by atoms with van der Waals surface area (Å²) in [4.78, 5) is 43.4. The zero-order chi connectivity index (χ0) is 30.2. The lowest BCUT2D eigenvalue weighted by Crippen LogP contribution is -2.29. The molecule has 1 atom stereocenters. The van der Waals surface area contributed by atoms with Crippen molar-refractivity contribution in [1.82, 2.24) is 21.3 Å². The van der Waals surface area contributed by atoms with E-state index in [2.05, 4.69) is 42.0 Å². The molecule has 38 heavy (non-hydrogen) atoms. The van der Waals surface area contributed by atoms with Crippen molar-refractivity contribution >= 4 is 23.6 Å². The molecule has 4 N–H and O–H groups in total. The van der Waals surface area contributed by atoms with E-state index in [1.54, 1.807) is 0 Å². The van der Waals surface area contributed by atoms with Crippen LogP contribution < -0.4 is 21.3 Å². The largest absolute Gasteiger partial charge is 0.356 e. The quantitative estimate of drug-likeness (QED) is 0.198. The normalized spacial score (nSPS) is 10.3. The number of rotatable bonds is 16. The van der Waals surface area contributed by atoms with E-state index in [0.717, 1.165) is 77.5 Å². The van der Waals surface area contributed by atoms with Crippen LogP contribution in [0.2, 0.25) is 0 Å². The van der Waals surface area contributed by atoms with Crippen molar-refractivity contribution in [2.75, 3.05) is 26.2 Å². The smallest absolute Gasteiger partial charge is 0.222 e. The molecule has 0 spiro atoms. The molecule has 0 aliphatic rings. The molecule has 0 aromatic heterocycles. The maximum absolute atomic E-state index is 11.0. The SMILES string of the molecule is CCCCC(=O)NCCC.CCCNC(=O)C(C)C.CCCNC(=O)C(C)CC.CCCNC(=O)CCC. The lowest BCUT2D eigenvalue weighted by atomic mass is 10.1. The second-order valence-corrected chi connectivity index (χ2v) is 9.60. The van der Waals surface area contributed by atoms with Gasteiger partial charge in [-0.2, -0.15) is 0 Å². The topological polar surface area (TPSA) is 116 Å². The summed E-state index contributed by atoms with van der Waals surface area (Å²) in [6, 6.07) is 0. The molecule has 0 aromatic carbocycles. The molecule has 0 aliphatic heterocycles. The molecule has 0 bridgehead atoms. The first kappa shape index (κ1) is 43.0. The first-order valence-electron chi connectivity index (χ1n) is 15.1. The second-order valence-electron chi connectivity index (χ2n) is 9.60. The van der Waals surface area contributed by atoms with E-state index in [-0.39, 0.29) is 35.5 Å². The summed E-state index contributed by atoms with van der Waals surface area (Å²) in [5, 5.41) is 11.3. The third-order valence-corrected chi connectivity index (χ3v) is 5.06. The van der Waals surface area contributed by atoms with Gasteiger partial charge in [-0.15, -0.1) is 0 Å². The molecule has 4 amide bonds. The van der Waals surface area contributed by atoms with Gasteiger partial charge in [-0.05, 0) is 44.9 Å². The van der Waals surface area contributed by atoms with Gasteiger partial charge in [0.05, 0.1) is 0 Å². The van der Waals surface area contributed by atoms with Crippen molar-refractivity contribution in [2.45, 2.75) is 133 Å². The average molecular weight is 545 g/mol. The van der Waals surface area contributed by atoms with Crippen molar-refractivity contribution in [3.63, 3.8) is 0 Å². The Labute approximate surface area is 235 Å². The highest BCUT2D eigenvalue weighted by Crippen LogP contribution is 1.99. The molecule has 0 saturated heterocycles. The summed E-state index contributed by atoms with van der Waals surface area (Å²) in [7, 11) is 0. The van der Waals surface area contributed by atoms with Crippen LogP contribution >= 0.6 is 0 Å². The molecule has 0 heterocycles. The molecule has 0 aromatic rings. The Balaban J connectivity index is -0.000000203. The highest BCUT2D eigenvalue weighted by Gasteiger charge is 2.07. The molecule has 0 aliphatic carbocycles. The number of amides is 4. The molecule has 0 radical (unpaired) electrons. The van der Waals surface area contributed by atoms with E-state index < -0.39 is 0 Å². The molecule has 1 unspecified atom stereocenters. The van der Waals surface area contributed by atoms with Crippen LogP contribution in [0.25, 0.3) is 0 Å². The van der Waals surface area contributed by atoms with Gasteiger partial charge < -0.3 is 21.3 Å². The average Bonchev–Trinajstić information content (AvgIpc) is 2.91. The van der Waals surface area contributed by atoms with E-state index in [1.165, 1.54) is 0 Å². The van der Waals surface area contributed by atoms with Crippen LogP contribution in [0.3, 0.4) is 0 Å². The predicted molar refractivity (Wildman–Crippen MR) is 162 cm³/mol. The minimum Gasteiger partial charge on any atom is -0.356 e. The molecule has 0 fully saturated rings. The summed E-state index contributed by atoms with van der Waals surface area (Å²) >= 11 is 0. The van der Waals surface area contributed by atoms with E-state index in [9.17, 15) is 19.2 Å². The van der Waals surface area contributed by atoms with Gasteiger partial charge in [0.2, 0.25) is 23.6 Å². The molecule has 8 nitrogen and oxygen atoms in total. The highest BCUT2D eigenvalue weighted by molar-refractivity contribution is 5.78. The lowest BCUT2D eigenvalue weighted by molar-refractivity contribution is -0.125. The van der Waals surface area contributed by atoms with Crippen molar-refractivity contribution in [3.8, 4) is 0 Å². The van der Waals surface area contributed by atoms with E-state index in [0.29, 0.717) is 12.8 Å². The Morgan fingerprint density at radius 3 is 1.24 bits per heavy atom. The van der Waals surface area contributed by atoms with Crippen LogP contribution in [0.4, 0.5) is 0 Å². The van der Waals surface area contributed by atoms with Crippen LogP contribution in [0.5, 0.6) is 0 Å². The fourth-order valence-electron chi connectivity index (χ4n) is 2.33. The molecular weight excluding hydrogens is 480 g/mol. The van der Waals surface area contributed by atoms with E-state index in [1.807, 2.05) is 48.5 Å². The lowest BCUT2D eigenvalue weighted by Gasteiger charge is -2.07. The summed E-state index contributed by atoms with van der Waals surface area (Å²) < 4.78 is 0. The fourth-order valence-corrected chi connectivity index (χ4v) is 2.33. The zero-order valence-corrected chi connectivity index (χ0v) is 26.7. The second kappa shape index (κ2) is 34.9. The number of unbranched alkanes of at least 4 members (excludes halogenated alkanes) is 1. The van der Waals surface area contributed by atoms with Crippen LogP contribution in [-0.2, 0) is 19.2 Å². The van der Waals surface area contributed by atoms with Gasteiger partial charge in [0.1, 0.15) is 0 Å². The Bertz CT molecular complexity index is 544. The van der Waals surface area contributed by atoms with Crippen molar-refractivity contribution in [3.05, 3.63) is 0 Å². The number of hydrogen-bond acceptors (Lipinski definition) is 4.